The van der Waals surface area contributed by atoms with Gasteiger partial charge in [0.05, 0.1) is 32.0 Å². The Morgan fingerprint density at radius 1 is 1.11 bits per heavy atom. The number of halogens is 5. The number of fused-ring (bicyclic) bond motifs is 1. The maximum Gasteiger partial charge on any atom is 0.307 e. The molecule has 0 unspecified atom stereocenters. The van der Waals surface area contributed by atoms with Gasteiger partial charge in [-0.3, -0.25) is 4.79 Å². The number of benzene rings is 3. The van der Waals surface area contributed by atoms with E-state index in [9.17, 15) is 4.79 Å². The molecule has 3 aromatic carbocycles. The Balaban J connectivity index is 1.45. The summed E-state index contributed by atoms with van der Waals surface area (Å²) < 4.78 is 18.7. The summed E-state index contributed by atoms with van der Waals surface area (Å²) >= 11 is 24.0. The molecular formula is C24H15BrCl3IN2O4. The first-order valence-electron chi connectivity index (χ1n) is 9.91. The number of amides is 1. The zero-order valence-corrected chi connectivity index (χ0v) is 23.9. The van der Waals surface area contributed by atoms with Gasteiger partial charge >= 0.3 is 5.91 Å². The van der Waals surface area contributed by atoms with Gasteiger partial charge < -0.3 is 13.9 Å². The van der Waals surface area contributed by atoms with Crippen LogP contribution >= 0.6 is 73.3 Å². The number of carbonyl (C=O) groups is 1. The van der Waals surface area contributed by atoms with Crippen LogP contribution in [-0.2, 0) is 6.61 Å². The summed E-state index contributed by atoms with van der Waals surface area (Å²) in [6.45, 7) is 0.212. The number of nitrogens with zero attached hydrogens (tertiary/aromatic N) is 1. The van der Waals surface area contributed by atoms with Crippen molar-refractivity contribution >= 4 is 96.4 Å². The predicted octanol–water partition coefficient (Wildman–Crippen LogP) is 8.11. The molecule has 0 saturated heterocycles. The maximum atomic E-state index is 12.5. The molecule has 4 aromatic rings. The zero-order valence-electron chi connectivity index (χ0n) is 17.9. The van der Waals surface area contributed by atoms with E-state index in [1.807, 2.05) is 12.1 Å². The van der Waals surface area contributed by atoms with Gasteiger partial charge in [0.25, 0.3) is 0 Å². The van der Waals surface area contributed by atoms with Gasteiger partial charge in [-0.2, -0.15) is 5.10 Å². The SMILES string of the molecule is COc1cc(/C=N\NC(=O)c2cc3cc(Br)cc(I)c3o2)cc(Cl)c1OCc1ccc(Cl)c(Cl)c1. The van der Waals surface area contributed by atoms with Crippen molar-refractivity contribution in [1.82, 2.24) is 5.43 Å². The zero-order chi connectivity index (χ0) is 25.1. The van der Waals surface area contributed by atoms with E-state index in [1.54, 1.807) is 36.4 Å². The quantitative estimate of drug-likeness (QED) is 0.120. The lowest BCUT2D eigenvalue weighted by Gasteiger charge is -2.13. The lowest BCUT2D eigenvalue weighted by Crippen LogP contribution is -2.16. The van der Waals surface area contributed by atoms with Crippen LogP contribution in [0.25, 0.3) is 11.0 Å². The van der Waals surface area contributed by atoms with Gasteiger partial charge in [-0.05, 0) is 76.2 Å². The van der Waals surface area contributed by atoms with Crippen molar-refractivity contribution in [3.8, 4) is 11.5 Å². The van der Waals surface area contributed by atoms with E-state index in [1.165, 1.54) is 13.3 Å². The van der Waals surface area contributed by atoms with Crippen LogP contribution in [0.2, 0.25) is 15.1 Å². The molecule has 6 nitrogen and oxygen atoms in total. The highest BCUT2D eigenvalue weighted by Gasteiger charge is 2.15. The van der Waals surface area contributed by atoms with Crippen molar-refractivity contribution in [3.05, 3.63) is 88.5 Å². The second-order valence-electron chi connectivity index (χ2n) is 7.19. The summed E-state index contributed by atoms with van der Waals surface area (Å²) in [6.07, 6.45) is 1.44. The molecule has 0 atom stereocenters. The van der Waals surface area contributed by atoms with E-state index in [4.69, 9.17) is 48.7 Å². The minimum Gasteiger partial charge on any atom is -0.493 e. The average Bonchev–Trinajstić information content (AvgIpc) is 3.25. The molecule has 180 valence electrons. The molecule has 0 aliphatic rings. The Morgan fingerprint density at radius 3 is 2.66 bits per heavy atom. The summed E-state index contributed by atoms with van der Waals surface area (Å²) in [4.78, 5) is 12.5. The second-order valence-corrected chi connectivity index (χ2v) is 10.5. The monoisotopic (exact) mass is 706 g/mol. The van der Waals surface area contributed by atoms with Crippen LogP contribution in [0, 0.1) is 3.57 Å². The summed E-state index contributed by atoms with van der Waals surface area (Å²) in [5.74, 6) is 0.436. The van der Waals surface area contributed by atoms with Crippen molar-refractivity contribution in [3.63, 3.8) is 0 Å². The van der Waals surface area contributed by atoms with Crippen LogP contribution in [0.5, 0.6) is 11.5 Å². The van der Waals surface area contributed by atoms with Crippen LogP contribution in [-0.4, -0.2) is 19.2 Å². The van der Waals surface area contributed by atoms with Crippen molar-refractivity contribution in [2.75, 3.05) is 7.11 Å². The number of hydrogen-bond donors (Lipinski definition) is 1. The Kier molecular flexibility index (Phi) is 8.49. The Labute approximate surface area is 237 Å². The van der Waals surface area contributed by atoms with Gasteiger partial charge in [-0.25, -0.2) is 5.43 Å². The third kappa shape index (κ3) is 6.24. The molecule has 35 heavy (non-hydrogen) atoms. The molecule has 0 saturated carbocycles. The largest absolute Gasteiger partial charge is 0.493 e. The van der Waals surface area contributed by atoms with Gasteiger partial charge in [-0.1, -0.05) is 56.8 Å². The van der Waals surface area contributed by atoms with E-state index in [0.717, 1.165) is 19.0 Å². The first kappa shape index (κ1) is 26.1. The number of carbonyl (C=O) groups excluding carboxylic acids is 1. The molecule has 0 fully saturated rings. The van der Waals surface area contributed by atoms with E-state index in [-0.39, 0.29) is 12.4 Å². The highest BCUT2D eigenvalue weighted by atomic mass is 127. The number of furan rings is 1. The third-order valence-corrected chi connectivity index (χ3v) is 7.04. The fourth-order valence-electron chi connectivity index (χ4n) is 3.15. The molecule has 0 spiro atoms. The molecule has 4 rings (SSSR count). The molecule has 0 aliphatic carbocycles. The van der Waals surface area contributed by atoms with Crippen LogP contribution in [0.1, 0.15) is 21.7 Å². The molecule has 1 heterocycles. The van der Waals surface area contributed by atoms with Gasteiger partial charge in [0.15, 0.2) is 17.3 Å². The first-order valence-corrected chi connectivity index (χ1v) is 12.9. The Morgan fingerprint density at radius 2 is 1.91 bits per heavy atom. The lowest BCUT2D eigenvalue weighted by atomic mass is 10.2. The molecule has 0 bridgehead atoms. The molecule has 1 N–H and O–H groups in total. The highest BCUT2D eigenvalue weighted by molar-refractivity contribution is 14.1. The smallest absolute Gasteiger partial charge is 0.307 e. The van der Waals surface area contributed by atoms with Crippen molar-refractivity contribution < 1.29 is 18.7 Å². The molecule has 0 radical (unpaired) electrons. The first-order chi connectivity index (χ1) is 16.7. The van der Waals surface area contributed by atoms with E-state index >= 15 is 0 Å². The fourth-order valence-corrected chi connectivity index (χ4v) is 5.40. The number of nitrogens with one attached hydrogen (secondary N) is 1. The predicted molar refractivity (Wildman–Crippen MR) is 150 cm³/mol. The molecular weight excluding hydrogens is 693 g/mol. The minimum absolute atomic E-state index is 0.148. The summed E-state index contributed by atoms with van der Waals surface area (Å²) in [5, 5.41) is 6.03. The number of methoxy groups -OCH3 is 1. The van der Waals surface area contributed by atoms with Gasteiger partial charge in [0, 0.05) is 9.86 Å². The number of ether oxygens (including phenoxy) is 2. The van der Waals surface area contributed by atoms with Crippen molar-refractivity contribution in [2.45, 2.75) is 6.61 Å². The molecule has 1 amide bonds. The number of rotatable bonds is 7. The Bertz CT molecular complexity index is 1460. The number of hydrazone groups is 1. The van der Waals surface area contributed by atoms with Crippen molar-refractivity contribution in [2.24, 2.45) is 5.10 Å². The van der Waals surface area contributed by atoms with Crippen molar-refractivity contribution in [1.29, 1.82) is 0 Å². The van der Waals surface area contributed by atoms with Crippen LogP contribution in [0.15, 0.2) is 62.5 Å². The molecule has 11 heteroatoms. The summed E-state index contributed by atoms with van der Waals surface area (Å²) in [6, 6.07) is 14.0. The minimum atomic E-state index is -0.482. The van der Waals surface area contributed by atoms with Crippen LogP contribution < -0.4 is 14.9 Å². The van der Waals surface area contributed by atoms with Gasteiger partial charge in [-0.15, -0.1) is 0 Å². The van der Waals surface area contributed by atoms with E-state index < -0.39 is 5.91 Å². The normalized spacial score (nSPS) is 11.3. The van der Waals surface area contributed by atoms with E-state index in [0.29, 0.717) is 37.7 Å². The topological polar surface area (TPSA) is 73.1 Å². The highest BCUT2D eigenvalue weighted by Crippen LogP contribution is 2.37. The molecule has 1 aromatic heterocycles. The third-order valence-electron chi connectivity index (χ3n) is 4.76. The Hall–Kier alpha value is -1.98. The summed E-state index contributed by atoms with van der Waals surface area (Å²) in [5.41, 5.74) is 4.50. The average molecular weight is 709 g/mol. The van der Waals surface area contributed by atoms with E-state index in [2.05, 4.69) is 49.0 Å². The van der Waals surface area contributed by atoms with Crippen LogP contribution in [0.4, 0.5) is 0 Å². The summed E-state index contributed by atoms with van der Waals surface area (Å²) in [7, 11) is 1.50. The number of hydrogen-bond acceptors (Lipinski definition) is 5. The molecule has 0 aliphatic heterocycles. The maximum absolute atomic E-state index is 12.5. The van der Waals surface area contributed by atoms with Crippen LogP contribution in [0.3, 0.4) is 0 Å². The second kappa shape index (κ2) is 11.4. The standard InChI is InChI=1S/C24H15BrCl3IN2O4/c1-33-20-6-13(5-18(28)23(20)34-11-12-2-3-16(26)17(27)4-12)10-30-31-24(32)21-8-14-7-15(25)9-19(29)22(14)35-21/h2-10H,11H2,1H3,(H,31,32)/b30-10-. The van der Waals surface area contributed by atoms with Gasteiger partial charge in [0.1, 0.15) is 12.2 Å². The lowest BCUT2D eigenvalue weighted by molar-refractivity contribution is 0.0929. The fraction of sp³-hybridized carbons (Fsp3) is 0.0833. The van der Waals surface area contributed by atoms with Gasteiger partial charge in [0.2, 0.25) is 0 Å².